The molecule has 1 unspecified atom stereocenters. The Labute approximate surface area is 123 Å². The molecule has 1 atom stereocenters. The molecule has 1 N–H and O–H groups in total. The second-order valence-electron chi connectivity index (χ2n) is 7.22. The van der Waals surface area contributed by atoms with Crippen LogP contribution in [0.3, 0.4) is 0 Å². The van der Waals surface area contributed by atoms with Crippen molar-refractivity contribution in [2.75, 3.05) is 19.7 Å². The lowest BCUT2D eigenvalue weighted by Crippen LogP contribution is -2.51. The number of rotatable bonds is 3. The minimum Gasteiger partial charge on any atom is -0.375 e. The molecule has 1 amide bonds. The second kappa shape index (κ2) is 6.44. The molecule has 0 spiro atoms. The van der Waals surface area contributed by atoms with Gasteiger partial charge in [-0.25, -0.2) is 0 Å². The normalized spacial score (nSPS) is 27.9. The van der Waals surface area contributed by atoms with Crippen LogP contribution in [0, 0.1) is 5.92 Å². The zero-order chi connectivity index (χ0) is 14.8. The van der Waals surface area contributed by atoms with E-state index in [1.165, 1.54) is 0 Å². The van der Waals surface area contributed by atoms with Gasteiger partial charge in [0.2, 0.25) is 5.91 Å². The lowest BCUT2D eigenvalue weighted by molar-refractivity contribution is -0.135. The molecule has 20 heavy (non-hydrogen) atoms. The highest BCUT2D eigenvalue weighted by Crippen LogP contribution is 2.25. The van der Waals surface area contributed by atoms with E-state index in [2.05, 4.69) is 19.2 Å². The third-order valence-corrected chi connectivity index (χ3v) is 4.47. The number of nitrogens with one attached hydrogen (secondary N) is 1. The van der Waals surface area contributed by atoms with E-state index in [1.807, 2.05) is 18.7 Å². The van der Waals surface area contributed by atoms with Crippen LogP contribution in [0.1, 0.15) is 53.4 Å². The molecule has 2 heterocycles. The summed E-state index contributed by atoms with van der Waals surface area (Å²) in [6.07, 6.45) is 4.35. The fraction of sp³-hybridized carbons (Fsp3) is 0.938. The van der Waals surface area contributed by atoms with Gasteiger partial charge < -0.3 is 15.0 Å². The Morgan fingerprint density at radius 3 is 2.40 bits per heavy atom. The maximum atomic E-state index is 12.0. The van der Waals surface area contributed by atoms with Crippen molar-refractivity contribution in [3.05, 3.63) is 0 Å². The van der Waals surface area contributed by atoms with Crippen LogP contribution in [-0.4, -0.2) is 48.2 Å². The van der Waals surface area contributed by atoms with Gasteiger partial charge >= 0.3 is 0 Å². The summed E-state index contributed by atoms with van der Waals surface area (Å²) in [4.78, 5) is 14.0. The number of likely N-dealkylation sites (tertiary alicyclic amines) is 1. The first-order chi connectivity index (χ1) is 9.37. The van der Waals surface area contributed by atoms with Gasteiger partial charge in [-0.3, -0.25) is 4.79 Å². The van der Waals surface area contributed by atoms with Crippen LogP contribution in [0.25, 0.3) is 0 Å². The summed E-state index contributed by atoms with van der Waals surface area (Å²) in [5.41, 5.74) is 0.00419. The van der Waals surface area contributed by atoms with Crippen molar-refractivity contribution in [3.63, 3.8) is 0 Å². The van der Waals surface area contributed by atoms with Gasteiger partial charge in [-0.2, -0.15) is 0 Å². The molecule has 2 fully saturated rings. The van der Waals surface area contributed by atoms with Gasteiger partial charge in [0.25, 0.3) is 0 Å². The van der Waals surface area contributed by atoms with Gasteiger partial charge in [0, 0.05) is 37.7 Å². The van der Waals surface area contributed by atoms with Crippen LogP contribution >= 0.6 is 0 Å². The highest BCUT2D eigenvalue weighted by Gasteiger charge is 2.31. The molecule has 2 rings (SSSR count). The Morgan fingerprint density at radius 1 is 1.20 bits per heavy atom. The maximum Gasteiger partial charge on any atom is 0.225 e. The summed E-state index contributed by atoms with van der Waals surface area (Å²) < 4.78 is 5.77. The molecule has 116 valence electrons. The summed E-state index contributed by atoms with van der Waals surface area (Å²) in [6.45, 7) is 11.0. The minimum absolute atomic E-state index is 0.00419. The van der Waals surface area contributed by atoms with Crippen LogP contribution in [0.5, 0.6) is 0 Å². The van der Waals surface area contributed by atoms with Crippen molar-refractivity contribution < 1.29 is 9.53 Å². The molecule has 0 aromatic rings. The molecular formula is C16H30N2O2. The number of hydrogen-bond donors (Lipinski definition) is 1. The molecule has 0 aromatic heterocycles. The van der Waals surface area contributed by atoms with E-state index in [4.69, 9.17) is 4.74 Å². The molecule has 0 saturated carbocycles. The van der Waals surface area contributed by atoms with Crippen LogP contribution in [0.2, 0.25) is 0 Å². The molecule has 0 bridgehead atoms. The van der Waals surface area contributed by atoms with E-state index in [-0.39, 0.29) is 11.5 Å². The number of piperidine rings is 1. The first kappa shape index (κ1) is 15.8. The average molecular weight is 282 g/mol. The Balaban J connectivity index is 1.76. The van der Waals surface area contributed by atoms with E-state index in [9.17, 15) is 4.79 Å². The highest BCUT2D eigenvalue weighted by atomic mass is 16.5. The molecular weight excluding hydrogens is 252 g/mol. The predicted octanol–water partition coefficient (Wildman–Crippen LogP) is 2.18. The Bertz CT molecular complexity index is 333. The van der Waals surface area contributed by atoms with Crippen LogP contribution in [0.4, 0.5) is 0 Å². The van der Waals surface area contributed by atoms with Gasteiger partial charge in [0.1, 0.15) is 0 Å². The summed E-state index contributed by atoms with van der Waals surface area (Å²) in [5.74, 6) is 0.423. The fourth-order valence-electron chi connectivity index (χ4n) is 3.34. The van der Waals surface area contributed by atoms with Crippen molar-refractivity contribution in [2.24, 2.45) is 5.92 Å². The zero-order valence-electron chi connectivity index (χ0n) is 13.4. The summed E-state index contributed by atoms with van der Waals surface area (Å²) >= 11 is 0. The Kier molecular flexibility index (Phi) is 5.08. The minimum atomic E-state index is 0.00419. The number of hydrogen-bond acceptors (Lipinski definition) is 3. The summed E-state index contributed by atoms with van der Waals surface area (Å²) in [7, 11) is 0. The van der Waals surface area contributed by atoms with Crippen LogP contribution < -0.4 is 5.32 Å². The molecule has 0 radical (unpaired) electrons. The Morgan fingerprint density at radius 2 is 1.85 bits per heavy atom. The van der Waals surface area contributed by atoms with E-state index in [0.29, 0.717) is 18.0 Å². The van der Waals surface area contributed by atoms with Gasteiger partial charge in [-0.1, -0.05) is 13.8 Å². The highest BCUT2D eigenvalue weighted by molar-refractivity contribution is 5.78. The van der Waals surface area contributed by atoms with Gasteiger partial charge in [0.05, 0.1) is 5.60 Å². The standard InChI is InChI=1S/C16H30N2O2/c1-12(2)15(19)18-8-5-13(6-9-18)17-14-7-10-20-16(3,4)11-14/h12-14,17H,5-11H2,1-4H3. The van der Waals surface area contributed by atoms with Crippen molar-refractivity contribution >= 4 is 5.91 Å². The number of amides is 1. The topological polar surface area (TPSA) is 41.6 Å². The number of carbonyl (C=O) groups is 1. The van der Waals surface area contributed by atoms with Gasteiger partial charge in [0.15, 0.2) is 0 Å². The Hall–Kier alpha value is -0.610. The number of nitrogens with zero attached hydrogens (tertiary/aromatic N) is 1. The smallest absolute Gasteiger partial charge is 0.225 e. The van der Waals surface area contributed by atoms with E-state index in [0.717, 1.165) is 45.4 Å². The molecule has 4 nitrogen and oxygen atoms in total. The quantitative estimate of drug-likeness (QED) is 0.862. The molecule has 4 heteroatoms. The fourth-order valence-corrected chi connectivity index (χ4v) is 3.34. The third kappa shape index (κ3) is 4.19. The maximum absolute atomic E-state index is 12.0. The first-order valence-electron chi connectivity index (χ1n) is 8.06. The van der Waals surface area contributed by atoms with E-state index < -0.39 is 0 Å². The lowest BCUT2D eigenvalue weighted by atomic mass is 9.92. The summed E-state index contributed by atoms with van der Waals surface area (Å²) in [6, 6.07) is 1.13. The number of ether oxygens (including phenoxy) is 1. The molecule has 2 aliphatic heterocycles. The van der Waals surface area contributed by atoms with E-state index >= 15 is 0 Å². The largest absolute Gasteiger partial charge is 0.375 e. The van der Waals surface area contributed by atoms with Gasteiger partial charge in [-0.05, 0) is 39.5 Å². The average Bonchev–Trinajstić information content (AvgIpc) is 2.37. The predicted molar refractivity (Wildman–Crippen MR) is 80.6 cm³/mol. The lowest BCUT2D eigenvalue weighted by Gasteiger charge is -2.40. The van der Waals surface area contributed by atoms with Crippen molar-refractivity contribution in [1.82, 2.24) is 10.2 Å². The second-order valence-corrected chi connectivity index (χ2v) is 7.22. The molecule has 2 aliphatic rings. The SMILES string of the molecule is CC(C)C(=O)N1CCC(NC2CCOC(C)(C)C2)CC1. The molecule has 2 saturated heterocycles. The van der Waals surface area contributed by atoms with Crippen molar-refractivity contribution in [1.29, 1.82) is 0 Å². The van der Waals surface area contributed by atoms with Crippen LogP contribution in [0.15, 0.2) is 0 Å². The monoisotopic (exact) mass is 282 g/mol. The molecule has 0 aromatic carbocycles. The summed E-state index contributed by atoms with van der Waals surface area (Å²) in [5, 5.41) is 3.78. The van der Waals surface area contributed by atoms with Crippen LogP contribution in [-0.2, 0) is 9.53 Å². The molecule has 0 aliphatic carbocycles. The van der Waals surface area contributed by atoms with Crippen molar-refractivity contribution in [3.8, 4) is 0 Å². The van der Waals surface area contributed by atoms with Gasteiger partial charge in [-0.15, -0.1) is 0 Å². The number of carbonyl (C=O) groups excluding carboxylic acids is 1. The van der Waals surface area contributed by atoms with Crippen molar-refractivity contribution in [2.45, 2.75) is 71.1 Å². The third-order valence-electron chi connectivity index (χ3n) is 4.47. The zero-order valence-corrected chi connectivity index (χ0v) is 13.4. The van der Waals surface area contributed by atoms with E-state index in [1.54, 1.807) is 0 Å². The first-order valence-corrected chi connectivity index (χ1v) is 8.06.